The van der Waals surface area contributed by atoms with Gasteiger partial charge < -0.3 is 10.1 Å². The summed E-state index contributed by atoms with van der Waals surface area (Å²) in [7, 11) is 0. The molecule has 3 nitrogen and oxygen atoms in total. The number of nitrogens with one attached hydrogen (secondary N) is 1. The van der Waals surface area contributed by atoms with Crippen LogP contribution in [0.3, 0.4) is 0 Å². The van der Waals surface area contributed by atoms with Gasteiger partial charge in [-0.3, -0.25) is 0 Å². The molecule has 0 aliphatic carbocycles. The van der Waals surface area contributed by atoms with Crippen molar-refractivity contribution in [3.63, 3.8) is 0 Å². The maximum atomic E-state index is 5.52. The lowest BCUT2D eigenvalue weighted by Crippen LogP contribution is -2.36. The van der Waals surface area contributed by atoms with E-state index in [1.807, 2.05) is 19.1 Å². The molecule has 1 aromatic carbocycles. The first-order valence-electron chi connectivity index (χ1n) is 6.35. The van der Waals surface area contributed by atoms with E-state index < -0.39 is 0 Å². The van der Waals surface area contributed by atoms with E-state index in [9.17, 15) is 0 Å². The maximum absolute atomic E-state index is 5.52. The van der Waals surface area contributed by atoms with Gasteiger partial charge in [-0.05, 0) is 45.5 Å². The van der Waals surface area contributed by atoms with E-state index in [2.05, 4.69) is 32.2 Å². The standard InChI is InChI=1S/C14H20N2OS/c1-5-15-14(3,4)13-16-11-8-7-10(17-6-2)9-12(11)18-13/h7-9,15H,5-6H2,1-4H3. The van der Waals surface area contributed by atoms with Crippen LogP contribution in [-0.4, -0.2) is 18.1 Å². The largest absolute Gasteiger partial charge is 0.494 e. The summed E-state index contributed by atoms with van der Waals surface area (Å²) in [4.78, 5) is 4.70. The smallest absolute Gasteiger partial charge is 0.120 e. The Balaban J connectivity index is 2.37. The van der Waals surface area contributed by atoms with Gasteiger partial charge in [-0.25, -0.2) is 4.98 Å². The minimum Gasteiger partial charge on any atom is -0.494 e. The number of hydrogen-bond acceptors (Lipinski definition) is 4. The average Bonchev–Trinajstić information content (AvgIpc) is 2.73. The van der Waals surface area contributed by atoms with E-state index in [1.165, 1.54) is 4.70 Å². The summed E-state index contributed by atoms with van der Waals surface area (Å²) >= 11 is 1.73. The van der Waals surface area contributed by atoms with Gasteiger partial charge in [0, 0.05) is 0 Å². The third-order valence-electron chi connectivity index (χ3n) is 2.82. The van der Waals surface area contributed by atoms with Crippen molar-refractivity contribution in [3.05, 3.63) is 23.2 Å². The van der Waals surface area contributed by atoms with Crippen LogP contribution in [0.5, 0.6) is 5.75 Å². The fourth-order valence-electron chi connectivity index (χ4n) is 1.95. The normalized spacial score (nSPS) is 12.0. The number of thiazole rings is 1. The summed E-state index contributed by atoms with van der Waals surface area (Å²) < 4.78 is 6.70. The van der Waals surface area contributed by atoms with E-state index in [0.717, 1.165) is 22.8 Å². The van der Waals surface area contributed by atoms with Gasteiger partial charge in [0.15, 0.2) is 0 Å². The number of nitrogens with zero attached hydrogens (tertiary/aromatic N) is 1. The predicted molar refractivity (Wildman–Crippen MR) is 77.5 cm³/mol. The number of fused-ring (bicyclic) bond motifs is 1. The van der Waals surface area contributed by atoms with E-state index >= 15 is 0 Å². The monoisotopic (exact) mass is 264 g/mol. The Morgan fingerprint density at radius 2 is 2.11 bits per heavy atom. The molecule has 0 atom stereocenters. The fourth-order valence-corrected chi connectivity index (χ4v) is 3.02. The minimum atomic E-state index is -0.0792. The van der Waals surface area contributed by atoms with E-state index in [-0.39, 0.29) is 5.54 Å². The summed E-state index contributed by atoms with van der Waals surface area (Å²) in [5, 5.41) is 4.57. The highest BCUT2D eigenvalue weighted by Gasteiger charge is 2.23. The topological polar surface area (TPSA) is 34.2 Å². The van der Waals surface area contributed by atoms with Crippen LogP contribution in [0.2, 0.25) is 0 Å². The molecular formula is C14H20N2OS. The van der Waals surface area contributed by atoms with E-state index in [0.29, 0.717) is 6.61 Å². The predicted octanol–water partition coefficient (Wildman–Crippen LogP) is 3.54. The van der Waals surface area contributed by atoms with Gasteiger partial charge in [0.25, 0.3) is 0 Å². The molecule has 4 heteroatoms. The molecule has 0 amide bonds. The molecular weight excluding hydrogens is 244 g/mol. The highest BCUT2D eigenvalue weighted by Crippen LogP contribution is 2.31. The zero-order valence-corrected chi connectivity index (χ0v) is 12.2. The van der Waals surface area contributed by atoms with Crippen LogP contribution in [0.25, 0.3) is 10.2 Å². The molecule has 98 valence electrons. The van der Waals surface area contributed by atoms with Crippen molar-refractivity contribution in [1.82, 2.24) is 10.3 Å². The van der Waals surface area contributed by atoms with Crippen molar-refractivity contribution in [2.75, 3.05) is 13.2 Å². The van der Waals surface area contributed by atoms with Crippen molar-refractivity contribution in [2.45, 2.75) is 33.2 Å². The van der Waals surface area contributed by atoms with Crippen molar-refractivity contribution < 1.29 is 4.74 Å². The van der Waals surface area contributed by atoms with Gasteiger partial charge in [0.05, 0.1) is 22.4 Å². The first-order valence-corrected chi connectivity index (χ1v) is 7.17. The van der Waals surface area contributed by atoms with Crippen molar-refractivity contribution >= 4 is 21.6 Å². The molecule has 1 aromatic heterocycles. The third kappa shape index (κ3) is 2.65. The first kappa shape index (κ1) is 13.3. The zero-order chi connectivity index (χ0) is 13.2. The Labute approximate surface area is 112 Å². The van der Waals surface area contributed by atoms with Crippen LogP contribution in [-0.2, 0) is 5.54 Å². The molecule has 1 heterocycles. The van der Waals surface area contributed by atoms with Gasteiger partial charge in [-0.15, -0.1) is 11.3 Å². The lowest BCUT2D eigenvalue weighted by molar-refractivity contribution is 0.341. The number of ether oxygens (including phenoxy) is 1. The highest BCUT2D eigenvalue weighted by molar-refractivity contribution is 7.18. The molecule has 0 radical (unpaired) electrons. The van der Waals surface area contributed by atoms with Crippen LogP contribution in [0.1, 0.15) is 32.7 Å². The molecule has 0 aliphatic rings. The third-order valence-corrected chi connectivity index (χ3v) is 4.17. The lowest BCUT2D eigenvalue weighted by Gasteiger charge is -2.22. The lowest BCUT2D eigenvalue weighted by atomic mass is 10.1. The second-order valence-electron chi connectivity index (χ2n) is 4.74. The molecule has 0 unspecified atom stereocenters. The number of aromatic nitrogens is 1. The molecule has 0 aliphatic heterocycles. The number of hydrogen-bond donors (Lipinski definition) is 1. The Morgan fingerprint density at radius 3 is 2.78 bits per heavy atom. The van der Waals surface area contributed by atoms with Gasteiger partial charge in [0.1, 0.15) is 10.8 Å². The summed E-state index contributed by atoms with van der Waals surface area (Å²) in [6, 6.07) is 6.08. The first-order chi connectivity index (χ1) is 8.56. The quantitative estimate of drug-likeness (QED) is 0.897. The summed E-state index contributed by atoms with van der Waals surface area (Å²) in [5.74, 6) is 0.918. The van der Waals surface area contributed by atoms with Crippen molar-refractivity contribution in [2.24, 2.45) is 0 Å². The summed E-state index contributed by atoms with van der Waals surface area (Å²) in [6.07, 6.45) is 0. The summed E-state index contributed by atoms with van der Waals surface area (Å²) in [5.41, 5.74) is 0.967. The molecule has 18 heavy (non-hydrogen) atoms. The van der Waals surface area contributed by atoms with Gasteiger partial charge >= 0.3 is 0 Å². The van der Waals surface area contributed by atoms with E-state index in [1.54, 1.807) is 11.3 Å². The van der Waals surface area contributed by atoms with Crippen LogP contribution >= 0.6 is 11.3 Å². The molecule has 2 aromatic rings. The Morgan fingerprint density at radius 1 is 1.33 bits per heavy atom. The fraction of sp³-hybridized carbons (Fsp3) is 0.500. The second-order valence-corrected chi connectivity index (χ2v) is 5.77. The average molecular weight is 264 g/mol. The van der Waals surface area contributed by atoms with Crippen molar-refractivity contribution in [3.8, 4) is 5.75 Å². The molecule has 2 rings (SSSR count). The van der Waals surface area contributed by atoms with Gasteiger partial charge in [-0.2, -0.15) is 0 Å². The van der Waals surface area contributed by atoms with Gasteiger partial charge in [-0.1, -0.05) is 6.92 Å². The molecule has 0 fully saturated rings. The van der Waals surface area contributed by atoms with Crippen LogP contribution < -0.4 is 10.1 Å². The maximum Gasteiger partial charge on any atom is 0.120 e. The van der Waals surface area contributed by atoms with Gasteiger partial charge in [0.2, 0.25) is 0 Å². The molecule has 0 saturated heterocycles. The Bertz CT molecular complexity index is 534. The highest BCUT2D eigenvalue weighted by atomic mass is 32.1. The zero-order valence-electron chi connectivity index (χ0n) is 11.4. The molecule has 0 bridgehead atoms. The second kappa shape index (κ2) is 5.24. The Kier molecular flexibility index (Phi) is 3.88. The van der Waals surface area contributed by atoms with Crippen LogP contribution in [0.15, 0.2) is 18.2 Å². The number of rotatable bonds is 5. The molecule has 0 spiro atoms. The SMILES string of the molecule is CCNC(C)(C)c1nc2ccc(OCC)cc2s1. The van der Waals surface area contributed by atoms with Crippen LogP contribution in [0, 0.1) is 0 Å². The summed E-state index contributed by atoms with van der Waals surface area (Å²) in [6.45, 7) is 10.1. The molecule has 1 N–H and O–H groups in total. The van der Waals surface area contributed by atoms with Crippen LogP contribution in [0.4, 0.5) is 0 Å². The van der Waals surface area contributed by atoms with Crippen molar-refractivity contribution in [1.29, 1.82) is 0 Å². The Hall–Kier alpha value is -1.13. The molecule has 0 saturated carbocycles. The minimum absolute atomic E-state index is 0.0792. The number of benzene rings is 1. The van der Waals surface area contributed by atoms with E-state index in [4.69, 9.17) is 9.72 Å².